The summed E-state index contributed by atoms with van der Waals surface area (Å²) in [6.07, 6.45) is 3.27. The summed E-state index contributed by atoms with van der Waals surface area (Å²) in [6.45, 7) is 3.96. The largest absolute Gasteiger partial charge is 0.461 e. The summed E-state index contributed by atoms with van der Waals surface area (Å²) in [4.78, 5) is 15.8. The van der Waals surface area contributed by atoms with Crippen molar-refractivity contribution in [1.29, 1.82) is 0 Å². The van der Waals surface area contributed by atoms with Crippen LogP contribution in [0.15, 0.2) is 24.5 Å². The van der Waals surface area contributed by atoms with E-state index in [1.807, 2.05) is 13.0 Å². The van der Waals surface area contributed by atoms with Crippen molar-refractivity contribution in [2.45, 2.75) is 13.8 Å². The number of carbonyl (C=O) groups is 1. The minimum Gasteiger partial charge on any atom is -0.461 e. The van der Waals surface area contributed by atoms with E-state index in [9.17, 15) is 4.79 Å². The van der Waals surface area contributed by atoms with Gasteiger partial charge >= 0.3 is 5.97 Å². The molecule has 0 saturated carbocycles. The summed E-state index contributed by atoms with van der Waals surface area (Å²) in [5.41, 5.74) is 7.16. The Hall–Kier alpha value is -2.37. The SMILES string of the molecule is CCOC(=O)c1nn(-c2ccc(C)cn2)cc1N. The maximum atomic E-state index is 11.6. The number of nitrogen functional groups attached to an aromatic ring is 1. The number of carbonyl (C=O) groups excluding carboxylic acids is 1. The van der Waals surface area contributed by atoms with E-state index < -0.39 is 5.97 Å². The molecule has 0 spiro atoms. The first-order chi connectivity index (χ1) is 8.61. The predicted molar refractivity (Wildman–Crippen MR) is 66.5 cm³/mol. The Morgan fingerprint density at radius 2 is 2.28 bits per heavy atom. The van der Waals surface area contributed by atoms with Crippen LogP contribution in [0.25, 0.3) is 5.82 Å². The van der Waals surface area contributed by atoms with Gasteiger partial charge in [0, 0.05) is 6.20 Å². The molecule has 2 aromatic heterocycles. The van der Waals surface area contributed by atoms with Gasteiger partial charge in [0.25, 0.3) is 0 Å². The third-order valence-corrected chi connectivity index (χ3v) is 2.34. The van der Waals surface area contributed by atoms with Crippen LogP contribution in [-0.4, -0.2) is 27.3 Å². The molecule has 0 aliphatic carbocycles. The fraction of sp³-hybridized carbons (Fsp3) is 0.250. The van der Waals surface area contributed by atoms with Crippen molar-refractivity contribution >= 4 is 11.7 Å². The molecule has 2 heterocycles. The molecule has 2 rings (SSSR count). The van der Waals surface area contributed by atoms with E-state index >= 15 is 0 Å². The van der Waals surface area contributed by atoms with E-state index in [-0.39, 0.29) is 18.0 Å². The van der Waals surface area contributed by atoms with Crippen molar-refractivity contribution in [3.05, 3.63) is 35.8 Å². The number of nitrogens with two attached hydrogens (primary N) is 1. The lowest BCUT2D eigenvalue weighted by Crippen LogP contribution is -2.08. The number of rotatable bonds is 3. The fourth-order valence-corrected chi connectivity index (χ4v) is 1.46. The maximum absolute atomic E-state index is 11.6. The van der Waals surface area contributed by atoms with Gasteiger partial charge in [0.15, 0.2) is 11.5 Å². The summed E-state index contributed by atoms with van der Waals surface area (Å²) in [6, 6.07) is 3.71. The Balaban J connectivity index is 2.34. The molecule has 0 atom stereocenters. The number of hydrogen-bond acceptors (Lipinski definition) is 5. The van der Waals surface area contributed by atoms with Crippen LogP contribution in [0, 0.1) is 6.92 Å². The van der Waals surface area contributed by atoms with Gasteiger partial charge in [-0.1, -0.05) is 6.07 Å². The molecule has 0 unspecified atom stereocenters. The van der Waals surface area contributed by atoms with E-state index in [4.69, 9.17) is 10.5 Å². The number of pyridine rings is 1. The van der Waals surface area contributed by atoms with E-state index in [0.29, 0.717) is 5.82 Å². The summed E-state index contributed by atoms with van der Waals surface area (Å²) in [7, 11) is 0. The minimum atomic E-state index is -0.527. The Morgan fingerprint density at radius 1 is 1.50 bits per heavy atom. The zero-order valence-corrected chi connectivity index (χ0v) is 10.3. The summed E-state index contributed by atoms with van der Waals surface area (Å²) in [5.74, 6) is 0.0729. The molecule has 18 heavy (non-hydrogen) atoms. The van der Waals surface area contributed by atoms with Crippen LogP contribution in [0.1, 0.15) is 23.0 Å². The molecule has 0 bridgehead atoms. The first-order valence-corrected chi connectivity index (χ1v) is 5.57. The van der Waals surface area contributed by atoms with Gasteiger partial charge < -0.3 is 10.5 Å². The van der Waals surface area contributed by atoms with Gasteiger partial charge in [0.1, 0.15) is 0 Å². The van der Waals surface area contributed by atoms with E-state index in [1.165, 1.54) is 4.68 Å². The molecule has 2 N–H and O–H groups in total. The second-order valence-corrected chi connectivity index (χ2v) is 3.79. The normalized spacial score (nSPS) is 10.3. The Bertz CT molecular complexity index is 560. The first-order valence-electron chi connectivity index (χ1n) is 5.57. The summed E-state index contributed by atoms with van der Waals surface area (Å²) >= 11 is 0. The lowest BCUT2D eigenvalue weighted by molar-refractivity contribution is 0.0520. The molecular weight excluding hydrogens is 232 g/mol. The highest BCUT2D eigenvalue weighted by Gasteiger charge is 2.16. The molecule has 94 valence electrons. The molecule has 0 radical (unpaired) electrons. The van der Waals surface area contributed by atoms with Gasteiger partial charge in [0.05, 0.1) is 18.5 Å². The zero-order valence-electron chi connectivity index (χ0n) is 10.3. The van der Waals surface area contributed by atoms with E-state index in [0.717, 1.165) is 5.56 Å². The topological polar surface area (TPSA) is 83.0 Å². The third-order valence-electron chi connectivity index (χ3n) is 2.34. The second kappa shape index (κ2) is 4.87. The van der Waals surface area contributed by atoms with E-state index in [1.54, 1.807) is 25.4 Å². The molecule has 0 aliphatic heterocycles. The van der Waals surface area contributed by atoms with Crippen LogP contribution in [0.3, 0.4) is 0 Å². The number of anilines is 1. The highest BCUT2D eigenvalue weighted by molar-refractivity contribution is 5.92. The number of esters is 1. The number of aryl methyl sites for hydroxylation is 1. The Morgan fingerprint density at radius 3 is 2.89 bits per heavy atom. The fourth-order valence-electron chi connectivity index (χ4n) is 1.46. The van der Waals surface area contributed by atoms with Crippen molar-refractivity contribution in [2.24, 2.45) is 0 Å². The number of ether oxygens (including phenoxy) is 1. The number of hydrogen-bond donors (Lipinski definition) is 1. The standard InChI is InChI=1S/C12H14N4O2/c1-3-18-12(17)11-9(13)7-16(15-11)10-5-4-8(2)6-14-10/h4-7H,3,13H2,1-2H3. The quantitative estimate of drug-likeness (QED) is 0.826. The van der Waals surface area contributed by atoms with Gasteiger partial charge in [0.2, 0.25) is 0 Å². The van der Waals surface area contributed by atoms with Crippen LogP contribution in [0.4, 0.5) is 5.69 Å². The van der Waals surface area contributed by atoms with Crippen LogP contribution in [0.2, 0.25) is 0 Å². The number of nitrogens with zero attached hydrogens (tertiary/aromatic N) is 3. The average molecular weight is 246 g/mol. The van der Waals surface area contributed by atoms with Crippen LogP contribution in [-0.2, 0) is 4.74 Å². The monoisotopic (exact) mass is 246 g/mol. The van der Waals surface area contributed by atoms with Gasteiger partial charge in [-0.05, 0) is 25.5 Å². The molecule has 0 aliphatic rings. The van der Waals surface area contributed by atoms with E-state index in [2.05, 4.69) is 10.1 Å². The molecule has 0 amide bonds. The minimum absolute atomic E-state index is 0.110. The van der Waals surface area contributed by atoms with Gasteiger partial charge in [-0.15, -0.1) is 0 Å². The average Bonchev–Trinajstić information content (AvgIpc) is 2.72. The predicted octanol–water partition coefficient (Wildman–Crippen LogP) is 1.33. The Labute approximate surface area is 104 Å². The molecule has 0 saturated heterocycles. The van der Waals surface area contributed by atoms with Crippen molar-refractivity contribution in [1.82, 2.24) is 14.8 Å². The lowest BCUT2D eigenvalue weighted by atomic mass is 10.3. The highest BCUT2D eigenvalue weighted by Crippen LogP contribution is 2.14. The maximum Gasteiger partial charge on any atom is 0.361 e. The molecule has 6 heteroatoms. The van der Waals surface area contributed by atoms with Crippen molar-refractivity contribution in [2.75, 3.05) is 12.3 Å². The number of aromatic nitrogens is 3. The summed E-state index contributed by atoms with van der Waals surface area (Å²) in [5, 5.41) is 4.08. The second-order valence-electron chi connectivity index (χ2n) is 3.79. The lowest BCUT2D eigenvalue weighted by Gasteiger charge is -2.00. The van der Waals surface area contributed by atoms with Crippen molar-refractivity contribution in [3.63, 3.8) is 0 Å². The molecule has 6 nitrogen and oxygen atoms in total. The molecule has 2 aromatic rings. The highest BCUT2D eigenvalue weighted by atomic mass is 16.5. The zero-order chi connectivity index (χ0) is 13.1. The smallest absolute Gasteiger partial charge is 0.361 e. The van der Waals surface area contributed by atoms with Crippen LogP contribution in [0.5, 0.6) is 0 Å². The van der Waals surface area contributed by atoms with Gasteiger partial charge in [-0.3, -0.25) is 0 Å². The van der Waals surface area contributed by atoms with Crippen molar-refractivity contribution in [3.8, 4) is 5.82 Å². The Kier molecular flexibility index (Phi) is 3.27. The molecule has 0 aromatic carbocycles. The van der Waals surface area contributed by atoms with Gasteiger partial charge in [-0.25, -0.2) is 14.5 Å². The van der Waals surface area contributed by atoms with Crippen LogP contribution < -0.4 is 5.73 Å². The third kappa shape index (κ3) is 2.32. The van der Waals surface area contributed by atoms with Gasteiger partial charge in [-0.2, -0.15) is 5.10 Å². The first kappa shape index (κ1) is 12.1. The molecular formula is C12H14N4O2. The molecule has 0 fully saturated rings. The van der Waals surface area contributed by atoms with Crippen molar-refractivity contribution < 1.29 is 9.53 Å². The summed E-state index contributed by atoms with van der Waals surface area (Å²) < 4.78 is 6.32. The van der Waals surface area contributed by atoms with Crippen LogP contribution >= 0.6 is 0 Å².